The van der Waals surface area contributed by atoms with E-state index in [0.29, 0.717) is 36.0 Å². The first kappa shape index (κ1) is 25.3. The van der Waals surface area contributed by atoms with Gasteiger partial charge in [0.15, 0.2) is 11.5 Å². The summed E-state index contributed by atoms with van der Waals surface area (Å²) in [6.07, 6.45) is 6.94. The van der Waals surface area contributed by atoms with Crippen molar-refractivity contribution in [3.05, 3.63) is 72.3 Å². The predicted octanol–water partition coefficient (Wildman–Crippen LogP) is 6.16. The summed E-state index contributed by atoms with van der Waals surface area (Å²) in [5, 5.41) is 0. The van der Waals surface area contributed by atoms with E-state index >= 15 is 0 Å². The maximum absolute atomic E-state index is 13.0. The molecule has 0 spiro atoms. The zero-order chi connectivity index (χ0) is 25.7. The van der Waals surface area contributed by atoms with Gasteiger partial charge in [0.2, 0.25) is 0 Å². The predicted molar refractivity (Wildman–Crippen MR) is 131 cm³/mol. The van der Waals surface area contributed by atoms with Crippen molar-refractivity contribution in [2.45, 2.75) is 52.4 Å². The molecule has 1 fully saturated rings. The Bertz CT molecular complexity index is 1180. The third-order valence-corrected chi connectivity index (χ3v) is 5.37. The van der Waals surface area contributed by atoms with Gasteiger partial charge in [-0.3, -0.25) is 0 Å². The van der Waals surface area contributed by atoms with Crippen LogP contribution in [0.15, 0.2) is 61.2 Å². The van der Waals surface area contributed by atoms with Crippen LogP contribution in [0.25, 0.3) is 0 Å². The molecule has 0 saturated heterocycles. The fraction of sp³-hybridized carbons (Fsp3) is 0.370. The van der Waals surface area contributed by atoms with Gasteiger partial charge in [0, 0.05) is 35.4 Å². The number of halogens is 2. The zero-order valence-electron chi connectivity index (χ0n) is 20.5. The van der Waals surface area contributed by atoms with Crippen LogP contribution >= 0.6 is 0 Å². The van der Waals surface area contributed by atoms with Crippen LogP contribution in [0.2, 0.25) is 0 Å². The lowest BCUT2D eigenvalue weighted by atomic mass is 10.1. The van der Waals surface area contributed by atoms with Crippen molar-refractivity contribution >= 4 is 17.3 Å². The number of anilines is 2. The Morgan fingerprint density at radius 2 is 1.78 bits per heavy atom. The molecule has 1 heterocycles. The molecular weight excluding hydrogens is 468 g/mol. The van der Waals surface area contributed by atoms with Crippen LogP contribution < -0.4 is 14.4 Å². The average Bonchev–Trinajstić information content (AvgIpc) is 3.66. The molecule has 4 rings (SSSR count). The van der Waals surface area contributed by atoms with Gasteiger partial charge in [-0.1, -0.05) is 6.07 Å². The molecule has 3 aromatic rings. The van der Waals surface area contributed by atoms with Crippen LogP contribution in [0.1, 0.15) is 49.5 Å². The maximum atomic E-state index is 13.0. The van der Waals surface area contributed by atoms with E-state index < -0.39 is 18.2 Å². The summed E-state index contributed by atoms with van der Waals surface area (Å²) in [5.74, 6) is 0.190. The Kier molecular flexibility index (Phi) is 7.67. The first-order valence-corrected chi connectivity index (χ1v) is 11.7. The monoisotopic (exact) mass is 497 g/mol. The number of aromatic nitrogens is 2. The molecular formula is C27H29F2N3O4. The summed E-state index contributed by atoms with van der Waals surface area (Å²) in [7, 11) is 0. The fourth-order valence-corrected chi connectivity index (χ4v) is 3.53. The van der Waals surface area contributed by atoms with Gasteiger partial charge in [-0.15, -0.1) is 0 Å². The van der Waals surface area contributed by atoms with Crippen molar-refractivity contribution in [1.29, 1.82) is 0 Å². The van der Waals surface area contributed by atoms with Crippen molar-refractivity contribution in [1.82, 2.24) is 9.97 Å². The SMILES string of the molecule is CC(C)(C)OC(=O)c1cccc(N(Cc2cncnc2)c2ccc(OC(F)F)c(OCC3CC3)c2)c1. The van der Waals surface area contributed by atoms with Crippen LogP contribution in [0, 0.1) is 5.92 Å². The highest BCUT2D eigenvalue weighted by molar-refractivity contribution is 5.91. The van der Waals surface area contributed by atoms with Crippen LogP contribution in [0.4, 0.5) is 20.2 Å². The van der Waals surface area contributed by atoms with Gasteiger partial charge in [-0.25, -0.2) is 14.8 Å². The number of nitrogens with zero attached hydrogens (tertiary/aromatic N) is 3. The van der Waals surface area contributed by atoms with Gasteiger partial charge < -0.3 is 19.1 Å². The van der Waals surface area contributed by atoms with Crippen LogP contribution in [0.3, 0.4) is 0 Å². The van der Waals surface area contributed by atoms with Gasteiger partial charge in [-0.2, -0.15) is 8.78 Å². The van der Waals surface area contributed by atoms with E-state index in [2.05, 4.69) is 9.97 Å². The first-order valence-electron chi connectivity index (χ1n) is 11.7. The lowest BCUT2D eigenvalue weighted by Crippen LogP contribution is -2.24. The highest BCUT2D eigenvalue weighted by atomic mass is 19.3. The molecule has 0 amide bonds. The topological polar surface area (TPSA) is 73.8 Å². The van der Waals surface area contributed by atoms with E-state index in [9.17, 15) is 13.6 Å². The highest BCUT2D eigenvalue weighted by Gasteiger charge is 2.24. The molecule has 1 aromatic heterocycles. The Hall–Kier alpha value is -3.75. The van der Waals surface area contributed by atoms with E-state index in [1.165, 1.54) is 12.4 Å². The number of benzene rings is 2. The normalized spacial score (nSPS) is 13.4. The van der Waals surface area contributed by atoms with Crippen molar-refractivity contribution in [3.63, 3.8) is 0 Å². The van der Waals surface area contributed by atoms with Crippen LogP contribution in [-0.4, -0.2) is 34.8 Å². The summed E-state index contributed by atoms with van der Waals surface area (Å²) < 4.78 is 42.1. The van der Waals surface area contributed by atoms with Gasteiger partial charge >= 0.3 is 12.6 Å². The first-order chi connectivity index (χ1) is 17.2. The molecule has 0 aliphatic heterocycles. The van der Waals surface area contributed by atoms with E-state index in [4.69, 9.17) is 14.2 Å². The van der Waals surface area contributed by atoms with Crippen molar-refractivity contribution < 1.29 is 27.8 Å². The standard InChI is InChI=1S/C27H29F2N3O4/c1-27(2,3)36-25(33)20-5-4-6-21(11-20)32(15-19-13-30-17-31-14-19)22-9-10-23(35-26(28)29)24(12-22)34-16-18-7-8-18/h4-6,9-14,17-18,26H,7-8,15-16H2,1-3H3. The molecule has 9 heteroatoms. The third kappa shape index (κ3) is 7.13. The molecule has 0 unspecified atom stereocenters. The Balaban J connectivity index is 1.71. The van der Waals surface area contributed by atoms with Gasteiger partial charge in [0.05, 0.1) is 18.7 Å². The minimum absolute atomic E-state index is 0.0279. The molecule has 1 aliphatic carbocycles. The maximum Gasteiger partial charge on any atom is 0.387 e. The second kappa shape index (κ2) is 10.9. The van der Waals surface area contributed by atoms with E-state index in [1.54, 1.807) is 42.7 Å². The number of alkyl halides is 2. The minimum atomic E-state index is -2.97. The Labute approximate surface area is 209 Å². The van der Waals surface area contributed by atoms with Crippen molar-refractivity contribution in [2.24, 2.45) is 5.92 Å². The van der Waals surface area contributed by atoms with Crippen LogP contribution in [-0.2, 0) is 11.3 Å². The van der Waals surface area contributed by atoms with Crippen LogP contribution in [0.5, 0.6) is 11.5 Å². The van der Waals surface area contributed by atoms with Gasteiger partial charge in [-0.05, 0) is 69.9 Å². The third-order valence-electron chi connectivity index (χ3n) is 5.37. The number of carbonyl (C=O) groups excluding carboxylic acids is 1. The molecule has 0 N–H and O–H groups in total. The average molecular weight is 498 g/mol. The fourth-order valence-electron chi connectivity index (χ4n) is 3.53. The number of hydrogen-bond donors (Lipinski definition) is 0. The second-order valence-corrected chi connectivity index (χ2v) is 9.65. The highest BCUT2D eigenvalue weighted by Crippen LogP contribution is 2.38. The number of rotatable bonds is 10. The van der Waals surface area contributed by atoms with Gasteiger partial charge in [0.1, 0.15) is 11.9 Å². The smallest absolute Gasteiger partial charge is 0.387 e. The summed E-state index contributed by atoms with van der Waals surface area (Å²) in [6.45, 7) is 3.25. The largest absolute Gasteiger partial charge is 0.489 e. The Morgan fingerprint density at radius 3 is 2.44 bits per heavy atom. The summed E-state index contributed by atoms with van der Waals surface area (Å²) in [4.78, 5) is 22.8. The van der Waals surface area contributed by atoms with Gasteiger partial charge in [0.25, 0.3) is 0 Å². The molecule has 0 atom stereocenters. The van der Waals surface area contributed by atoms with E-state index in [0.717, 1.165) is 18.4 Å². The summed E-state index contributed by atoms with van der Waals surface area (Å²) in [5.41, 5.74) is 1.92. The lowest BCUT2D eigenvalue weighted by molar-refractivity contribution is -0.0515. The number of ether oxygens (including phenoxy) is 3. The summed E-state index contributed by atoms with van der Waals surface area (Å²) >= 11 is 0. The van der Waals surface area contributed by atoms with Crippen molar-refractivity contribution in [2.75, 3.05) is 11.5 Å². The number of esters is 1. The lowest BCUT2D eigenvalue weighted by Gasteiger charge is -2.27. The molecule has 0 radical (unpaired) electrons. The van der Waals surface area contributed by atoms with Crippen molar-refractivity contribution in [3.8, 4) is 11.5 Å². The minimum Gasteiger partial charge on any atom is -0.489 e. The molecule has 190 valence electrons. The van der Waals surface area contributed by atoms with E-state index in [1.807, 2.05) is 31.7 Å². The molecule has 2 aromatic carbocycles. The molecule has 36 heavy (non-hydrogen) atoms. The Morgan fingerprint density at radius 1 is 1.06 bits per heavy atom. The quantitative estimate of drug-likeness (QED) is 0.311. The van der Waals surface area contributed by atoms with E-state index in [-0.39, 0.29) is 11.5 Å². The molecule has 7 nitrogen and oxygen atoms in total. The number of hydrogen-bond acceptors (Lipinski definition) is 7. The second-order valence-electron chi connectivity index (χ2n) is 9.65. The molecule has 1 saturated carbocycles. The summed E-state index contributed by atoms with van der Waals surface area (Å²) in [6, 6.07) is 11.8. The molecule has 1 aliphatic rings. The zero-order valence-corrected chi connectivity index (χ0v) is 20.5. The number of carbonyl (C=O) groups is 1. The molecule has 0 bridgehead atoms.